The Morgan fingerprint density at radius 1 is 1.08 bits per heavy atom. The number of aryl methyl sites for hydroxylation is 2. The molecule has 4 nitrogen and oxygen atoms in total. The molecule has 1 aliphatic carbocycles. The first-order chi connectivity index (χ1) is 11.6. The fourth-order valence-corrected chi connectivity index (χ4v) is 3.32. The largest absolute Gasteiger partial charge is 0.422 e. The Kier molecular flexibility index (Phi) is 3.45. The second kappa shape index (κ2) is 5.64. The molecule has 120 valence electrons. The van der Waals surface area contributed by atoms with Gasteiger partial charge in [-0.15, -0.1) is 0 Å². The second-order valence-corrected chi connectivity index (χ2v) is 6.09. The SMILES string of the molecule is Cc1cc(OC(=O)c2ccccc2)c2c3c(c(=O)oc2c1)CCC3. The topological polar surface area (TPSA) is 56.5 Å². The molecule has 0 saturated carbocycles. The van der Waals surface area contributed by atoms with E-state index in [1.165, 1.54) is 0 Å². The van der Waals surface area contributed by atoms with Crippen molar-refractivity contribution in [3.05, 3.63) is 75.1 Å². The summed E-state index contributed by atoms with van der Waals surface area (Å²) in [6.45, 7) is 1.88. The second-order valence-electron chi connectivity index (χ2n) is 6.09. The van der Waals surface area contributed by atoms with Crippen molar-refractivity contribution in [3.63, 3.8) is 0 Å². The van der Waals surface area contributed by atoms with Gasteiger partial charge in [0.15, 0.2) is 0 Å². The van der Waals surface area contributed by atoms with Crippen molar-refractivity contribution in [2.45, 2.75) is 26.2 Å². The van der Waals surface area contributed by atoms with Gasteiger partial charge in [-0.2, -0.15) is 0 Å². The van der Waals surface area contributed by atoms with Crippen LogP contribution in [0.4, 0.5) is 0 Å². The van der Waals surface area contributed by atoms with Crippen LogP contribution in [-0.2, 0) is 12.8 Å². The first kappa shape index (κ1) is 14.7. The van der Waals surface area contributed by atoms with Gasteiger partial charge in [0.05, 0.1) is 10.9 Å². The van der Waals surface area contributed by atoms with E-state index in [0.717, 1.165) is 29.4 Å². The zero-order valence-electron chi connectivity index (χ0n) is 13.3. The molecule has 0 saturated heterocycles. The summed E-state index contributed by atoms with van der Waals surface area (Å²) < 4.78 is 11.1. The van der Waals surface area contributed by atoms with Crippen LogP contribution in [0.25, 0.3) is 11.0 Å². The Labute approximate surface area is 138 Å². The molecule has 24 heavy (non-hydrogen) atoms. The lowest BCUT2D eigenvalue weighted by atomic mass is 10.0. The lowest BCUT2D eigenvalue weighted by Crippen LogP contribution is -2.11. The average molecular weight is 320 g/mol. The summed E-state index contributed by atoms with van der Waals surface area (Å²) in [5, 5.41) is 0.747. The Morgan fingerprint density at radius 3 is 2.62 bits per heavy atom. The molecule has 1 aromatic heterocycles. The molecule has 0 bridgehead atoms. The Bertz CT molecular complexity index is 1000. The fraction of sp³-hybridized carbons (Fsp3) is 0.200. The lowest BCUT2D eigenvalue weighted by Gasteiger charge is -2.11. The van der Waals surface area contributed by atoms with Crippen molar-refractivity contribution < 1.29 is 13.9 Å². The van der Waals surface area contributed by atoms with Gasteiger partial charge in [-0.05, 0) is 61.6 Å². The van der Waals surface area contributed by atoms with E-state index in [0.29, 0.717) is 28.9 Å². The maximum absolute atomic E-state index is 12.4. The molecule has 4 rings (SSSR count). The third kappa shape index (κ3) is 2.40. The van der Waals surface area contributed by atoms with Crippen LogP contribution in [-0.4, -0.2) is 5.97 Å². The van der Waals surface area contributed by atoms with Gasteiger partial charge in [0.1, 0.15) is 11.3 Å². The molecule has 0 atom stereocenters. The van der Waals surface area contributed by atoms with Crippen LogP contribution in [0.1, 0.15) is 33.5 Å². The average Bonchev–Trinajstić information content (AvgIpc) is 3.05. The fourth-order valence-electron chi connectivity index (χ4n) is 3.32. The molecule has 4 heteroatoms. The smallest absolute Gasteiger partial charge is 0.343 e. The van der Waals surface area contributed by atoms with Crippen molar-refractivity contribution in [2.24, 2.45) is 0 Å². The number of hydrogen-bond donors (Lipinski definition) is 0. The zero-order valence-corrected chi connectivity index (χ0v) is 13.3. The summed E-state index contributed by atoms with van der Waals surface area (Å²) in [6.07, 6.45) is 2.43. The molecule has 0 aliphatic heterocycles. The van der Waals surface area contributed by atoms with Gasteiger partial charge < -0.3 is 9.15 Å². The summed E-state index contributed by atoms with van der Waals surface area (Å²) in [5.41, 5.74) is 3.23. The molecule has 1 aliphatic rings. The Balaban J connectivity index is 1.88. The molecule has 0 unspecified atom stereocenters. The van der Waals surface area contributed by atoms with Crippen LogP contribution in [0.5, 0.6) is 5.75 Å². The van der Waals surface area contributed by atoms with E-state index in [1.807, 2.05) is 25.1 Å². The predicted octanol–water partition coefficient (Wildman–Crippen LogP) is 3.81. The van der Waals surface area contributed by atoms with Crippen molar-refractivity contribution in [3.8, 4) is 5.75 Å². The van der Waals surface area contributed by atoms with Gasteiger partial charge in [0.25, 0.3) is 0 Å². The van der Waals surface area contributed by atoms with E-state index in [2.05, 4.69) is 0 Å². The zero-order chi connectivity index (χ0) is 16.7. The summed E-state index contributed by atoms with van der Waals surface area (Å²) in [7, 11) is 0. The number of carbonyl (C=O) groups excluding carboxylic acids is 1. The summed E-state index contributed by atoms with van der Waals surface area (Å²) >= 11 is 0. The summed E-state index contributed by atoms with van der Waals surface area (Å²) in [4.78, 5) is 24.5. The number of hydrogen-bond acceptors (Lipinski definition) is 4. The van der Waals surface area contributed by atoms with Gasteiger partial charge in [-0.3, -0.25) is 0 Å². The van der Waals surface area contributed by atoms with Crippen molar-refractivity contribution in [1.82, 2.24) is 0 Å². The van der Waals surface area contributed by atoms with Gasteiger partial charge in [0.2, 0.25) is 0 Å². The standard InChI is InChI=1S/C20H16O4/c1-12-10-16(23-19(21)13-6-3-2-4-7-13)18-14-8-5-9-15(14)20(22)24-17(18)11-12/h2-4,6-7,10-11H,5,8-9H2,1H3. The van der Waals surface area contributed by atoms with E-state index >= 15 is 0 Å². The normalized spacial score (nSPS) is 13.0. The van der Waals surface area contributed by atoms with Crippen LogP contribution >= 0.6 is 0 Å². The summed E-state index contributed by atoms with van der Waals surface area (Å²) in [5.74, 6) is 0.0428. The Morgan fingerprint density at radius 2 is 1.83 bits per heavy atom. The number of rotatable bonds is 2. The molecule has 0 amide bonds. The van der Waals surface area contributed by atoms with Crippen LogP contribution in [0.15, 0.2) is 51.7 Å². The first-order valence-corrected chi connectivity index (χ1v) is 8.00. The van der Waals surface area contributed by atoms with E-state index in [4.69, 9.17) is 9.15 Å². The van der Waals surface area contributed by atoms with Crippen LogP contribution in [0.2, 0.25) is 0 Å². The highest BCUT2D eigenvalue weighted by atomic mass is 16.5. The van der Waals surface area contributed by atoms with Crippen molar-refractivity contribution in [2.75, 3.05) is 0 Å². The van der Waals surface area contributed by atoms with E-state index in [1.54, 1.807) is 24.3 Å². The number of fused-ring (bicyclic) bond motifs is 3. The maximum atomic E-state index is 12.4. The van der Waals surface area contributed by atoms with Crippen LogP contribution in [0.3, 0.4) is 0 Å². The highest BCUT2D eigenvalue weighted by molar-refractivity contribution is 5.95. The third-order valence-electron chi connectivity index (χ3n) is 4.39. The molecule has 0 N–H and O–H groups in total. The van der Waals surface area contributed by atoms with E-state index in [-0.39, 0.29) is 5.63 Å². The first-order valence-electron chi connectivity index (χ1n) is 8.00. The highest BCUT2D eigenvalue weighted by Gasteiger charge is 2.23. The van der Waals surface area contributed by atoms with Crippen molar-refractivity contribution in [1.29, 1.82) is 0 Å². The molecule has 3 aromatic rings. The number of esters is 1. The van der Waals surface area contributed by atoms with Crippen LogP contribution in [0, 0.1) is 6.92 Å². The monoisotopic (exact) mass is 320 g/mol. The number of benzene rings is 2. The number of ether oxygens (including phenoxy) is 1. The number of carbonyl (C=O) groups is 1. The van der Waals surface area contributed by atoms with Gasteiger partial charge in [-0.1, -0.05) is 18.2 Å². The minimum Gasteiger partial charge on any atom is -0.422 e. The Hall–Kier alpha value is -2.88. The quantitative estimate of drug-likeness (QED) is 0.409. The molecule has 2 aromatic carbocycles. The van der Waals surface area contributed by atoms with E-state index < -0.39 is 5.97 Å². The predicted molar refractivity (Wildman–Crippen MR) is 90.6 cm³/mol. The van der Waals surface area contributed by atoms with E-state index in [9.17, 15) is 9.59 Å². The van der Waals surface area contributed by atoms with Gasteiger partial charge >= 0.3 is 11.6 Å². The molecule has 1 heterocycles. The third-order valence-corrected chi connectivity index (χ3v) is 4.39. The molecule has 0 spiro atoms. The van der Waals surface area contributed by atoms with Crippen LogP contribution < -0.4 is 10.4 Å². The van der Waals surface area contributed by atoms with Gasteiger partial charge in [0, 0.05) is 5.56 Å². The lowest BCUT2D eigenvalue weighted by molar-refractivity contribution is 0.0737. The highest BCUT2D eigenvalue weighted by Crippen LogP contribution is 2.35. The minimum absolute atomic E-state index is 0.277. The molecule has 0 radical (unpaired) electrons. The molecular weight excluding hydrogens is 304 g/mol. The van der Waals surface area contributed by atoms with Gasteiger partial charge in [-0.25, -0.2) is 9.59 Å². The molecular formula is C20H16O4. The summed E-state index contributed by atoms with van der Waals surface area (Å²) in [6, 6.07) is 12.5. The van der Waals surface area contributed by atoms with Crippen molar-refractivity contribution >= 4 is 16.9 Å². The minimum atomic E-state index is -0.416. The maximum Gasteiger partial charge on any atom is 0.343 e. The molecule has 0 fully saturated rings.